The lowest BCUT2D eigenvalue weighted by Crippen LogP contribution is -2.26. The van der Waals surface area contributed by atoms with Crippen LogP contribution in [-0.4, -0.2) is 29.5 Å². The number of fused-ring (bicyclic) bond motifs is 1. The highest BCUT2D eigenvalue weighted by molar-refractivity contribution is 7.91. The fraction of sp³-hybridized carbons (Fsp3) is 0.500. The Kier molecular flexibility index (Phi) is 3.93. The third kappa shape index (κ3) is 2.79. The number of nitrogens with zero attached hydrogens (tertiary/aromatic N) is 2. The summed E-state index contributed by atoms with van der Waals surface area (Å²) < 4.78 is 25.3. The van der Waals surface area contributed by atoms with Gasteiger partial charge in [0, 0.05) is 6.04 Å². The van der Waals surface area contributed by atoms with Crippen LogP contribution in [-0.2, 0) is 9.84 Å². The highest BCUT2D eigenvalue weighted by Gasteiger charge is 2.29. The third-order valence-electron chi connectivity index (χ3n) is 3.94. The minimum Gasteiger partial charge on any atom is -0.324 e. The number of aromatic nitrogens is 2. The topological polar surface area (TPSA) is 52.0 Å². The van der Waals surface area contributed by atoms with Gasteiger partial charge in [0.15, 0.2) is 0 Å². The van der Waals surface area contributed by atoms with Gasteiger partial charge in [-0.25, -0.2) is 13.4 Å². The zero-order valence-corrected chi connectivity index (χ0v) is 13.9. The Bertz CT molecular complexity index is 770. The number of alkyl halides is 1. The molecule has 21 heavy (non-hydrogen) atoms. The molecule has 1 aliphatic rings. The minimum absolute atomic E-state index is 0.105. The number of rotatable bonds is 2. The molecular weight excluding hydrogens is 331 g/mol. The summed E-state index contributed by atoms with van der Waals surface area (Å²) in [5, 5.41) is 0.334. The second-order valence-electron chi connectivity index (χ2n) is 5.45. The van der Waals surface area contributed by atoms with Crippen molar-refractivity contribution in [2.24, 2.45) is 0 Å². The molecule has 7 heteroatoms. The molecule has 0 aliphatic carbocycles. The van der Waals surface area contributed by atoms with Crippen molar-refractivity contribution >= 4 is 44.1 Å². The van der Waals surface area contributed by atoms with Crippen LogP contribution in [0.3, 0.4) is 0 Å². The van der Waals surface area contributed by atoms with Gasteiger partial charge in [0.05, 0.1) is 27.4 Å². The van der Waals surface area contributed by atoms with E-state index < -0.39 is 9.84 Å². The smallest absolute Gasteiger partial charge is 0.150 e. The van der Waals surface area contributed by atoms with Crippen LogP contribution in [0.25, 0.3) is 11.0 Å². The number of benzene rings is 1. The van der Waals surface area contributed by atoms with Crippen molar-refractivity contribution in [3.63, 3.8) is 0 Å². The molecular formula is C14H16Cl2N2O2S. The molecule has 0 spiro atoms. The predicted molar refractivity (Wildman–Crippen MR) is 85.9 cm³/mol. The molecule has 0 saturated carbocycles. The molecule has 1 aromatic carbocycles. The maximum atomic E-state index is 11.6. The summed E-state index contributed by atoms with van der Waals surface area (Å²) in [6.07, 6.45) is 1.19. The van der Waals surface area contributed by atoms with Crippen LogP contribution in [0.15, 0.2) is 18.2 Å². The maximum Gasteiger partial charge on any atom is 0.150 e. The molecule has 0 N–H and O–H groups in total. The molecule has 0 radical (unpaired) electrons. The van der Waals surface area contributed by atoms with Gasteiger partial charge in [0.2, 0.25) is 0 Å². The molecule has 1 unspecified atom stereocenters. The van der Waals surface area contributed by atoms with E-state index in [1.165, 1.54) is 0 Å². The van der Waals surface area contributed by atoms with E-state index in [4.69, 9.17) is 23.2 Å². The molecule has 1 saturated heterocycles. The SMILES string of the molecule is CC(Cl)c1nc2c(Cl)cccc2n1C1CCS(=O)(=O)CC1. The molecule has 1 aromatic heterocycles. The lowest BCUT2D eigenvalue weighted by Gasteiger charge is -2.26. The molecule has 114 valence electrons. The number of sulfone groups is 1. The highest BCUT2D eigenvalue weighted by Crippen LogP contribution is 2.35. The van der Waals surface area contributed by atoms with E-state index in [0.29, 0.717) is 17.9 Å². The Hall–Kier alpha value is -0.780. The highest BCUT2D eigenvalue weighted by atomic mass is 35.5. The molecule has 0 bridgehead atoms. The number of hydrogen-bond acceptors (Lipinski definition) is 3. The minimum atomic E-state index is -2.89. The Balaban J connectivity index is 2.12. The quantitative estimate of drug-likeness (QED) is 0.778. The summed E-state index contributed by atoms with van der Waals surface area (Å²) in [5.41, 5.74) is 1.66. The Labute approximate surface area is 134 Å². The fourth-order valence-electron chi connectivity index (χ4n) is 2.90. The number of para-hydroxylation sites is 1. The molecule has 2 aromatic rings. The van der Waals surface area contributed by atoms with Crippen LogP contribution >= 0.6 is 23.2 Å². The molecule has 1 atom stereocenters. The van der Waals surface area contributed by atoms with Crippen LogP contribution < -0.4 is 0 Å². The monoisotopic (exact) mass is 346 g/mol. The van der Waals surface area contributed by atoms with Gasteiger partial charge in [-0.2, -0.15) is 0 Å². The first-order valence-electron chi connectivity index (χ1n) is 6.90. The molecule has 0 amide bonds. The van der Waals surface area contributed by atoms with Gasteiger partial charge >= 0.3 is 0 Å². The van der Waals surface area contributed by atoms with Gasteiger partial charge in [-0.05, 0) is 31.9 Å². The van der Waals surface area contributed by atoms with Crippen molar-refractivity contribution in [1.29, 1.82) is 0 Å². The first kappa shape index (κ1) is 15.1. The van der Waals surface area contributed by atoms with E-state index in [9.17, 15) is 8.42 Å². The predicted octanol–water partition coefficient (Wildman–Crippen LogP) is 3.74. The van der Waals surface area contributed by atoms with Crippen LogP contribution in [0.5, 0.6) is 0 Å². The van der Waals surface area contributed by atoms with Crippen LogP contribution in [0.1, 0.15) is 37.0 Å². The van der Waals surface area contributed by atoms with Crippen molar-refractivity contribution < 1.29 is 8.42 Å². The lowest BCUT2D eigenvalue weighted by atomic mass is 10.1. The van der Waals surface area contributed by atoms with Gasteiger partial charge < -0.3 is 4.57 Å². The van der Waals surface area contributed by atoms with Gasteiger partial charge in [-0.1, -0.05) is 17.7 Å². The third-order valence-corrected chi connectivity index (χ3v) is 6.16. The van der Waals surface area contributed by atoms with Crippen molar-refractivity contribution in [3.8, 4) is 0 Å². The van der Waals surface area contributed by atoms with Crippen LogP contribution in [0, 0.1) is 0 Å². The molecule has 1 fully saturated rings. The van der Waals surface area contributed by atoms with Gasteiger partial charge in [-0.15, -0.1) is 11.6 Å². The average Bonchev–Trinajstić information content (AvgIpc) is 2.80. The second-order valence-corrected chi connectivity index (χ2v) is 8.81. The number of halogens is 2. The zero-order valence-electron chi connectivity index (χ0n) is 11.6. The standard InChI is InChI=1S/C14H16Cl2N2O2S/c1-9(15)14-17-13-11(16)3-2-4-12(13)18(14)10-5-7-21(19,20)8-6-10/h2-4,9-10H,5-8H2,1H3. The van der Waals surface area contributed by atoms with Crippen molar-refractivity contribution in [1.82, 2.24) is 9.55 Å². The van der Waals surface area contributed by atoms with Crippen molar-refractivity contribution in [2.75, 3.05) is 11.5 Å². The summed E-state index contributed by atoms with van der Waals surface area (Å²) >= 11 is 12.5. The number of imidazole rings is 1. The first-order chi connectivity index (χ1) is 9.89. The molecule has 3 rings (SSSR count). The van der Waals surface area contributed by atoms with Crippen LogP contribution in [0.4, 0.5) is 0 Å². The first-order valence-corrected chi connectivity index (χ1v) is 9.53. The Morgan fingerprint density at radius 3 is 2.62 bits per heavy atom. The summed E-state index contributed by atoms with van der Waals surface area (Å²) in [4.78, 5) is 4.57. The normalized spacial score (nSPS) is 20.7. The van der Waals surface area contributed by atoms with E-state index in [0.717, 1.165) is 16.9 Å². The van der Waals surface area contributed by atoms with Gasteiger partial charge in [0.1, 0.15) is 21.2 Å². The largest absolute Gasteiger partial charge is 0.324 e. The molecule has 1 aliphatic heterocycles. The van der Waals surface area contributed by atoms with E-state index in [1.807, 2.05) is 19.1 Å². The number of hydrogen-bond donors (Lipinski definition) is 0. The average molecular weight is 347 g/mol. The molecule has 4 nitrogen and oxygen atoms in total. The summed E-state index contributed by atoms with van der Waals surface area (Å²) in [5.74, 6) is 1.19. The van der Waals surface area contributed by atoms with Gasteiger partial charge in [-0.3, -0.25) is 0 Å². The van der Waals surface area contributed by atoms with Gasteiger partial charge in [0.25, 0.3) is 0 Å². The van der Waals surface area contributed by atoms with Crippen molar-refractivity contribution in [2.45, 2.75) is 31.2 Å². The fourth-order valence-corrected chi connectivity index (χ4v) is 4.73. The van der Waals surface area contributed by atoms with Crippen LogP contribution in [0.2, 0.25) is 5.02 Å². The zero-order chi connectivity index (χ0) is 15.2. The van der Waals surface area contributed by atoms with E-state index in [1.54, 1.807) is 6.07 Å². The lowest BCUT2D eigenvalue weighted by molar-refractivity contribution is 0.446. The van der Waals surface area contributed by atoms with E-state index in [-0.39, 0.29) is 22.9 Å². The maximum absolute atomic E-state index is 11.6. The summed E-state index contributed by atoms with van der Waals surface area (Å²) in [7, 11) is -2.89. The van der Waals surface area contributed by atoms with Crippen molar-refractivity contribution in [3.05, 3.63) is 29.0 Å². The van der Waals surface area contributed by atoms with E-state index >= 15 is 0 Å². The summed E-state index contributed by atoms with van der Waals surface area (Å²) in [6, 6.07) is 5.74. The molecule has 2 heterocycles. The second kappa shape index (κ2) is 5.45. The Morgan fingerprint density at radius 1 is 1.33 bits per heavy atom. The van der Waals surface area contributed by atoms with E-state index in [2.05, 4.69) is 9.55 Å². The Morgan fingerprint density at radius 2 is 2.00 bits per heavy atom. The summed E-state index contributed by atoms with van der Waals surface area (Å²) in [6.45, 7) is 1.87.